The molecule has 1 saturated heterocycles. The first-order valence-corrected chi connectivity index (χ1v) is 5.77. The first kappa shape index (κ1) is 6.53. The number of pyridine rings is 1. The summed E-state index contributed by atoms with van der Waals surface area (Å²) in [4.78, 5) is 3.87. The maximum Gasteiger partial charge on any atom is 0.496 e. The van der Waals surface area contributed by atoms with E-state index in [-0.39, 0.29) is 0 Å². The van der Waals surface area contributed by atoms with Gasteiger partial charge in [0.1, 0.15) is 0 Å². The number of nitrogens with zero attached hydrogens (tertiary/aromatic N) is 1. The van der Waals surface area contributed by atoms with Gasteiger partial charge in [0.05, 0.1) is 11.2 Å². The van der Waals surface area contributed by atoms with Crippen molar-refractivity contribution in [2.45, 2.75) is 59.0 Å². The molecule has 4 heteroatoms. The summed E-state index contributed by atoms with van der Waals surface area (Å²) in [5.74, 6) is 0. The van der Waals surface area contributed by atoms with Crippen molar-refractivity contribution in [1.29, 1.82) is 0 Å². The van der Waals surface area contributed by atoms with Crippen LogP contribution < -0.4 is 5.46 Å². The Bertz CT molecular complexity index is 683. The van der Waals surface area contributed by atoms with E-state index >= 15 is 0 Å². The molecule has 0 N–H and O–H groups in total. The Labute approximate surface area is 121 Å². The van der Waals surface area contributed by atoms with Crippen molar-refractivity contribution in [2.24, 2.45) is 0 Å². The molecule has 18 heavy (non-hydrogen) atoms. The molecule has 1 aliphatic heterocycles. The Kier molecular flexibility index (Phi) is 1.58. The Morgan fingerprint density at radius 3 is 2.56 bits per heavy atom. The molecule has 1 aliphatic rings. The van der Waals surface area contributed by atoms with Gasteiger partial charge in [-0.15, -0.1) is 0 Å². The lowest BCUT2D eigenvalue weighted by molar-refractivity contribution is 0.00578. The minimum Gasteiger partial charge on any atom is -0.399 e. The van der Waals surface area contributed by atoms with Gasteiger partial charge in [-0.1, -0.05) is 12.9 Å². The average Bonchev–Trinajstić information content (AvgIpc) is 2.64. The largest absolute Gasteiger partial charge is 0.496 e. The summed E-state index contributed by atoms with van der Waals surface area (Å²) < 4.78 is 72.7. The van der Waals surface area contributed by atoms with E-state index in [4.69, 9.17) is 20.3 Å². The third-order valence-corrected chi connectivity index (χ3v) is 3.55. The molecule has 98 valence electrons. The van der Waals surface area contributed by atoms with Crippen LogP contribution in [0.4, 0.5) is 0 Å². The van der Waals surface area contributed by atoms with Gasteiger partial charge in [0.15, 0.2) is 0 Å². The predicted octanol–water partition coefficient (Wildman–Crippen LogP) is 2.25. The highest BCUT2D eigenvalue weighted by Crippen LogP contribution is 2.36. The van der Waals surface area contributed by atoms with Gasteiger partial charge < -0.3 is 9.31 Å². The van der Waals surface area contributed by atoms with Crippen LogP contribution in [0.25, 0.3) is 0 Å². The normalized spacial score (nSPS) is 30.1. The van der Waals surface area contributed by atoms with Crippen LogP contribution in [0.2, 0.25) is 0 Å². The third-order valence-electron chi connectivity index (χ3n) is 3.55. The van der Waals surface area contributed by atoms with Crippen molar-refractivity contribution in [1.82, 2.24) is 4.98 Å². The van der Waals surface area contributed by atoms with Crippen molar-refractivity contribution in [3.05, 3.63) is 23.5 Å². The molecule has 0 aliphatic carbocycles. The fourth-order valence-corrected chi connectivity index (χ4v) is 1.69. The van der Waals surface area contributed by atoms with Crippen LogP contribution >= 0.6 is 0 Å². The zero-order valence-electron chi connectivity index (χ0n) is 19.0. The molecule has 2 heterocycles. The standard InChI is InChI=1S/C14H22BNO2/c1-7-12-10(2)8-11(9-16-12)15-17-13(3,4)14(5,6)18-15/h8-9H,7H2,1-6H3/i1D3,2D3,7D2. The van der Waals surface area contributed by atoms with Gasteiger partial charge in [0.2, 0.25) is 0 Å². The van der Waals surface area contributed by atoms with E-state index in [1.807, 2.05) is 27.7 Å². The second kappa shape index (κ2) is 4.35. The quantitative estimate of drug-likeness (QED) is 0.759. The Balaban J connectivity index is 2.56. The van der Waals surface area contributed by atoms with Crippen molar-refractivity contribution in [3.63, 3.8) is 0 Å². The minimum absolute atomic E-state index is 0.292. The number of rotatable bonds is 2. The lowest BCUT2D eigenvalue weighted by Crippen LogP contribution is -2.41. The average molecular weight is 255 g/mol. The molecule has 0 saturated carbocycles. The molecular formula is C14H22BNO2. The summed E-state index contributed by atoms with van der Waals surface area (Å²) in [5, 5.41) is 0. The van der Waals surface area contributed by atoms with Crippen LogP contribution in [0.3, 0.4) is 0 Å². The summed E-state index contributed by atoms with van der Waals surface area (Å²) >= 11 is 0. The predicted molar refractivity (Wildman–Crippen MR) is 74.1 cm³/mol. The highest BCUT2D eigenvalue weighted by Gasteiger charge is 2.51. The fourth-order valence-electron chi connectivity index (χ4n) is 1.69. The maximum absolute atomic E-state index is 7.87. The fraction of sp³-hybridized carbons (Fsp3) is 0.643. The molecule has 0 atom stereocenters. The van der Waals surface area contributed by atoms with Gasteiger partial charge in [-0.2, -0.15) is 0 Å². The molecule has 0 bridgehead atoms. The Morgan fingerprint density at radius 2 is 2.00 bits per heavy atom. The van der Waals surface area contributed by atoms with Gasteiger partial charge in [-0.25, -0.2) is 0 Å². The van der Waals surface area contributed by atoms with Crippen LogP contribution in [0, 0.1) is 6.85 Å². The summed E-state index contributed by atoms with van der Waals surface area (Å²) in [5.41, 5.74) is -2.10. The second-order valence-corrected chi connectivity index (χ2v) is 5.38. The van der Waals surface area contributed by atoms with Crippen LogP contribution in [-0.2, 0) is 15.7 Å². The van der Waals surface area contributed by atoms with Gasteiger partial charge in [-0.05, 0) is 46.5 Å². The van der Waals surface area contributed by atoms with E-state index < -0.39 is 49.7 Å². The van der Waals surface area contributed by atoms with Gasteiger partial charge in [0, 0.05) is 28.3 Å². The van der Waals surface area contributed by atoms with Crippen LogP contribution in [0.15, 0.2) is 12.3 Å². The molecule has 2 rings (SSSR count). The van der Waals surface area contributed by atoms with E-state index in [1.54, 1.807) is 0 Å². The monoisotopic (exact) mass is 255 g/mol. The lowest BCUT2D eigenvalue weighted by atomic mass is 9.79. The molecule has 1 fully saturated rings. The van der Waals surface area contributed by atoms with E-state index in [1.165, 1.54) is 12.3 Å². The highest BCUT2D eigenvalue weighted by molar-refractivity contribution is 6.62. The van der Waals surface area contributed by atoms with Gasteiger partial charge >= 0.3 is 7.12 Å². The molecule has 0 amide bonds. The SMILES string of the molecule is [2H]C([2H])([2H])c1cc(B2OC(C)(C)C(C)(C)O2)cnc1C([2H])([2H])C([2H])([2H])[2H]. The van der Waals surface area contributed by atoms with Crippen molar-refractivity contribution in [3.8, 4) is 0 Å². The van der Waals surface area contributed by atoms with Crippen LogP contribution in [0.5, 0.6) is 0 Å². The molecule has 1 aromatic rings. The van der Waals surface area contributed by atoms with E-state index in [0.29, 0.717) is 5.46 Å². The number of aromatic nitrogens is 1. The topological polar surface area (TPSA) is 31.4 Å². The molecule has 3 nitrogen and oxygen atoms in total. The summed E-state index contributed by atoms with van der Waals surface area (Å²) in [6.45, 7) is 1.55. The zero-order valence-corrected chi connectivity index (χ0v) is 11.0. The first-order chi connectivity index (χ1) is 11.4. The zero-order chi connectivity index (χ0) is 20.3. The molecule has 0 radical (unpaired) electrons. The Morgan fingerprint density at radius 1 is 1.33 bits per heavy atom. The summed E-state index contributed by atoms with van der Waals surface area (Å²) in [7, 11) is -0.888. The van der Waals surface area contributed by atoms with E-state index in [9.17, 15) is 0 Å². The maximum atomic E-state index is 7.87. The van der Waals surface area contributed by atoms with Crippen molar-refractivity contribution >= 4 is 12.6 Å². The van der Waals surface area contributed by atoms with Gasteiger partial charge in [0.25, 0.3) is 0 Å². The first-order valence-electron chi connectivity index (χ1n) is 9.77. The minimum atomic E-state index is -3.06. The molecule has 0 aromatic carbocycles. The van der Waals surface area contributed by atoms with Gasteiger partial charge in [-0.3, -0.25) is 4.98 Å². The number of hydrogen-bond acceptors (Lipinski definition) is 3. The van der Waals surface area contributed by atoms with Crippen LogP contribution in [0.1, 0.15) is 56.8 Å². The molecule has 0 unspecified atom stereocenters. The summed E-state index contributed by atoms with van der Waals surface area (Å²) in [6, 6.07) is 1.20. The Hall–Kier alpha value is -0.865. The van der Waals surface area contributed by atoms with E-state index in [0.717, 1.165) is 0 Å². The highest BCUT2D eigenvalue weighted by atomic mass is 16.7. The number of hydrogen-bond donors (Lipinski definition) is 0. The summed E-state index contributed by atoms with van der Waals surface area (Å²) in [6.07, 6.45) is -1.71. The third kappa shape index (κ3) is 2.19. The van der Waals surface area contributed by atoms with Crippen LogP contribution in [-0.4, -0.2) is 23.3 Å². The molecule has 1 aromatic heterocycles. The smallest absolute Gasteiger partial charge is 0.399 e. The van der Waals surface area contributed by atoms with Crippen molar-refractivity contribution in [2.75, 3.05) is 0 Å². The lowest BCUT2D eigenvalue weighted by Gasteiger charge is -2.32. The second-order valence-electron chi connectivity index (χ2n) is 5.38. The molecular weight excluding hydrogens is 225 g/mol. The molecule has 0 spiro atoms. The van der Waals surface area contributed by atoms with Crippen molar-refractivity contribution < 1.29 is 20.3 Å². The number of aryl methyl sites for hydroxylation is 2. The van der Waals surface area contributed by atoms with E-state index in [2.05, 4.69) is 4.98 Å².